The van der Waals surface area contributed by atoms with Crippen LogP contribution in [0.15, 0.2) is 48.8 Å². The number of ether oxygens (including phenoxy) is 1. The van der Waals surface area contributed by atoms with E-state index in [9.17, 15) is 4.79 Å². The SMILES string of the molecule is COc1ccc(N2CCC(CNC(=O)c3cccnc3)C2)cc1. The number of nitrogens with zero attached hydrogens (tertiary/aromatic N) is 2. The molecule has 0 radical (unpaired) electrons. The number of hydrogen-bond acceptors (Lipinski definition) is 4. The first-order chi connectivity index (χ1) is 11.3. The number of pyridine rings is 1. The van der Waals surface area contributed by atoms with Gasteiger partial charge in [0.1, 0.15) is 5.75 Å². The molecule has 3 rings (SSSR count). The van der Waals surface area contributed by atoms with Crippen molar-refractivity contribution in [3.63, 3.8) is 0 Å². The first-order valence-electron chi connectivity index (χ1n) is 7.83. The standard InChI is InChI=1S/C18H21N3O2/c1-23-17-6-4-16(5-7-17)21-10-8-14(13-21)11-20-18(22)15-3-2-9-19-12-15/h2-7,9,12,14H,8,10-11,13H2,1H3,(H,20,22). The summed E-state index contributed by atoms with van der Waals surface area (Å²) in [4.78, 5) is 18.4. The number of carbonyl (C=O) groups is 1. The van der Waals surface area contributed by atoms with E-state index in [1.54, 1.807) is 31.6 Å². The van der Waals surface area contributed by atoms with E-state index in [2.05, 4.69) is 27.3 Å². The van der Waals surface area contributed by atoms with Crippen molar-refractivity contribution >= 4 is 11.6 Å². The summed E-state index contributed by atoms with van der Waals surface area (Å²) in [7, 11) is 1.67. The van der Waals surface area contributed by atoms with Crippen LogP contribution in [0.25, 0.3) is 0 Å². The van der Waals surface area contributed by atoms with Crippen molar-refractivity contribution in [3.05, 3.63) is 54.4 Å². The Kier molecular flexibility index (Phi) is 4.76. The summed E-state index contributed by atoms with van der Waals surface area (Å²) in [5.41, 5.74) is 1.81. The number of amides is 1. The fraction of sp³-hybridized carbons (Fsp3) is 0.333. The smallest absolute Gasteiger partial charge is 0.252 e. The van der Waals surface area contributed by atoms with Crippen LogP contribution in [0, 0.1) is 5.92 Å². The van der Waals surface area contributed by atoms with Crippen molar-refractivity contribution in [2.45, 2.75) is 6.42 Å². The minimum Gasteiger partial charge on any atom is -0.497 e. The van der Waals surface area contributed by atoms with Gasteiger partial charge in [0, 0.05) is 37.7 Å². The summed E-state index contributed by atoms with van der Waals surface area (Å²) >= 11 is 0. The Bertz CT molecular complexity index is 643. The summed E-state index contributed by atoms with van der Waals surface area (Å²) in [6, 6.07) is 11.7. The first kappa shape index (κ1) is 15.3. The zero-order valence-corrected chi connectivity index (χ0v) is 13.2. The molecule has 1 saturated heterocycles. The lowest BCUT2D eigenvalue weighted by Gasteiger charge is -2.19. The Morgan fingerprint density at radius 1 is 1.35 bits per heavy atom. The Morgan fingerprint density at radius 2 is 2.17 bits per heavy atom. The lowest BCUT2D eigenvalue weighted by Crippen LogP contribution is -2.31. The number of methoxy groups -OCH3 is 1. The van der Waals surface area contributed by atoms with Crippen molar-refractivity contribution < 1.29 is 9.53 Å². The fourth-order valence-electron chi connectivity index (χ4n) is 2.86. The minimum atomic E-state index is -0.0546. The number of anilines is 1. The van der Waals surface area contributed by atoms with E-state index in [4.69, 9.17) is 4.74 Å². The Morgan fingerprint density at radius 3 is 2.87 bits per heavy atom. The molecule has 0 saturated carbocycles. The van der Waals surface area contributed by atoms with Crippen molar-refractivity contribution in [1.29, 1.82) is 0 Å². The summed E-state index contributed by atoms with van der Waals surface area (Å²) in [6.07, 6.45) is 4.34. The Hall–Kier alpha value is -2.56. The van der Waals surface area contributed by atoms with Gasteiger partial charge in [0.2, 0.25) is 0 Å². The Balaban J connectivity index is 1.50. The van der Waals surface area contributed by atoms with Gasteiger partial charge >= 0.3 is 0 Å². The lowest BCUT2D eigenvalue weighted by molar-refractivity contribution is 0.0948. The molecule has 0 aliphatic carbocycles. The second kappa shape index (κ2) is 7.13. The highest BCUT2D eigenvalue weighted by atomic mass is 16.5. The van der Waals surface area contributed by atoms with Crippen LogP contribution in [-0.2, 0) is 0 Å². The predicted molar refractivity (Wildman–Crippen MR) is 89.9 cm³/mol. The normalized spacial score (nSPS) is 17.1. The van der Waals surface area contributed by atoms with E-state index in [1.165, 1.54) is 5.69 Å². The van der Waals surface area contributed by atoms with E-state index >= 15 is 0 Å². The molecule has 5 heteroatoms. The molecule has 120 valence electrons. The number of benzene rings is 1. The molecule has 5 nitrogen and oxygen atoms in total. The highest BCUT2D eigenvalue weighted by Crippen LogP contribution is 2.25. The van der Waals surface area contributed by atoms with Crippen LogP contribution in [0.2, 0.25) is 0 Å². The van der Waals surface area contributed by atoms with Crippen molar-refractivity contribution in [1.82, 2.24) is 10.3 Å². The third-order valence-corrected chi connectivity index (χ3v) is 4.20. The molecule has 1 aliphatic rings. The van der Waals surface area contributed by atoms with Gasteiger partial charge in [-0.25, -0.2) is 0 Å². The summed E-state index contributed by atoms with van der Waals surface area (Å²) in [6.45, 7) is 2.67. The fourth-order valence-corrected chi connectivity index (χ4v) is 2.86. The maximum absolute atomic E-state index is 12.0. The maximum Gasteiger partial charge on any atom is 0.252 e. The Labute approximate surface area is 136 Å². The van der Waals surface area contributed by atoms with Crippen LogP contribution in [0.3, 0.4) is 0 Å². The van der Waals surface area contributed by atoms with Gasteiger partial charge in [-0.15, -0.1) is 0 Å². The zero-order valence-electron chi connectivity index (χ0n) is 13.2. The molecule has 0 bridgehead atoms. The van der Waals surface area contributed by atoms with Crippen LogP contribution < -0.4 is 15.0 Å². The van der Waals surface area contributed by atoms with E-state index < -0.39 is 0 Å². The van der Waals surface area contributed by atoms with Crippen LogP contribution in [0.1, 0.15) is 16.8 Å². The number of carbonyl (C=O) groups excluding carboxylic acids is 1. The molecule has 23 heavy (non-hydrogen) atoms. The third-order valence-electron chi connectivity index (χ3n) is 4.20. The van der Waals surface area contributed by atoms with E-state index in [0.717, 1.165) is 25.3 Å². The second-order valence-corrected chi connectivity index (χ2v) is 5.75. The summed E-state index contributed by atoms with van der Waals surface area (Å²) in [5, 5.41) is 3.01. The topological polar surface area (TPSA) is 54.5 Å². The van der Waals surface area contributed by atoms with Crippen LogP contribution in [0.5, 0.6) is 5.75 Å². The molecule has 0 spiro atoms. The molecule has 1 unspecified atom stereocenters. The van der Waals surface area contributed by atoms with Crippen LogP contribution >= 0.6 is 0 Å². The van der Waals surface area contributed by atoms with Crippen molar-refractivity contribution in [3.8, 4) is 5.75 Å². The van der Waals surface area contributed by atoms with E-state index in [0.29, 0.717) is 18.0 Å². The molecule has 1 aromatic carbocycles. The molecule has 1 atom stereocenters. The zero-order chi connectivity index (χ0) is 16.1. The van der Waals surface area contributed by atoms with Gasteiger partial charge in [-0.3, -0.25) is 9.78 Å². The number of hydrogen-bond donors (Lipinski definition) is 1. The average Bonchev–Trinajstić information content (AvgIpc) is 3.09. The minimum absolute atomic E-state index is 0.0546. The van der Waals surface area contributed by atoms with Gasteiger partial charge in [0.15, 0.2) is 0 Å². The van der Waals surface area contributed by atoms with E-state index in [-0.39, 0.29) is 5.91 Å². The quantitative estimate of drug-likeness (QED) is 0.921. The third kappa shape index (κ3) is 3.80. The molecule has 2 heterocycles. The van der Waals surface area contributed by atoms with Gasteiger partial charge in [-0.1, -0.05) is 0 Å². The lowest BCUT2D eigenvalue weighted by atomic mass is 10.1. The van der Waals surface area contributed by atoms with Gasteiger partial charge < -0.3 is 15.0 Å². The number of rotatable bonds is 5. The van der Waals surface area contributed by atoms with Gasteiger partial charge in [0.05, 0.1) is 12.7 Å². The monoisotopic (exact) mass is 311 g/mol. The molecule has 1 aromatic heterocycles. The highest BCUT2D eigenvalue weighted by Gasteiger charge is 2.23. The number of aromatic nitrogens is 1. The number of nitrogens with one attached hydrogen (secondary N) is 1. The summed E-state index contributed by atoms with van der Waals surface area (Å²) in [5.74, 6) is 1.28. The van der Waals surface area contributed by atoms with E-state index in [1.807, 2.05) is 12.1 Å². The largest absolute Gasteiger partial charge is 0.497 e. The van der Waals surface area contributed by atoms with Gasteiger partial charge in [-0.2, -0.15) is 0 Å². The predicted octanol–water partition coefficient (Wildman–Crippen LogP) is 2.35. The molecular formula is C18H21N3O2. The second-order valence-electron chi connectivity index (χ2n) is 5.75. The van der Waals surface area contributed by atoms with Crippen LogP contribution in [0.4, 0.5) is 5.69 Å². The molecular weight excluding hydrogens is 290 g/mol. The first-order valence-corrected chi connectivity index (χ1v) is 7.83. The molecule has 1 fully saturated rings. The maximum atomic E-state index is 12.0. The molecule has 1 N–H and O–H groups in total. The van der Waals surface area contributed by atoms with Crippen molar-refractivity contribution in [2.24, 2.45) is 5.92 Å². The van der Waals surface area contributed by atoms with Gasteiger partial charge in [0.25, 0.3) is 5.91 Å². The average molecular weight is 311 g/mol. The highest BCUT2D eigenvalue weighted by molar-refractivity contribution is 5.93. The van der Waals surface area contributed by atoms with Gasteiger partial charge in [-0.05, 0) is 48.7 Å². The summed E-state index contributed by atoms with van der Waals surface area (Å²) < 4.78 is 5.19. The molecule has 1 aliphatic heterocycles. The molecule has 2 aromatic rings. The van der Waals surface area contributed by atoms with Crippen LogP contribution in [-0.4, -0.2) is 37.6 Å². The molecule has 1 amide bonds. The van der Waals surface area contributed by atoms with Crippen molar-refractivity contribution in [2.75, 3.05) is 31.6 Å².